The normalized spacial score (nSPS) is 27.2. The monoisotopic (exact) mass is 307 g/mol. The Balaban J connectivity index is 2.09. The first kappa shape index (κ1) is 14.0. The molecule has 0 aromatic heterocycles. The number of carbonyl (C=O) groups is 2. The maximum absolute atomic E-state index is 12.1. The first-order valence-corrected chi connectivity index (χ1v) is 7.70. The zero-order valence-corrected chi connectivity index (χ0v) is 12.7. The van der Waals surface area contributed by atoms with E-state index in [1.165, 1.54) is 5.56 Å². The second-order valence-electron chi connectivity index (χ2n) is 6.71. The third-order valence-electron chi connectivity index (χ3n) is 5.51. The number of carboxylic acid groups (broad SMARTS) is 1. The lowest BCUT2D eigenvalue weighted by Gasteiger charge is -2.50. The predicted molar refractivity (Wildman–Crippen MR) is 85.4 cm³/mol. The van der Waals surface area contributed by atoms with Crippen molar-refractivity contribution in [2.45, 2.75) is 25.2 Å². The predicted octanol–water partition coefficient (Wildman–Crippen LogP) is 2.86. The van der Waals surface area contributed by atoms with Crippen LogP contribution in [0, 0.1) is 5.41 Å². The molecule has 0 saturated heterocycles. The van der Waals surface area contributed by atoms with Crippen molar-refractivity contribution in [1.82, 2.24) is 0 Å². The molecular weight excluding hydrogens is 290 g/mol. The molecule has 4 nitrogen and oxygen atoms in total. The van der Waals surface area contributed by atoms with Crippen LogP contribution in [0.1, 0.15) is 57.8 Å². The zero-order chi connectivity index (χ0) is 16.4. The summed E-state index contributed by atoms with van der Waals surface area (Å²) in [5.41, 5.74) is 9.11. The Kier molecular flexibility index (Phi) is 2.71. The quantitative estimate of drug-likeness (QED) is 0.895. The number of aliphatic carboxylic acids is 1. The molecule has 0 spiro atoms. The van der Waals surface area contributed by atoms with Gasteiger partial charge in [-0.15, -0.1) is 0 Å². The van der Waals surface area contributed by atoms with Crippen molar-refractivity contribution in [3.63, 3.8) is 0 Å². The van der Waals surface area contributed by atoms with E-state index in [0.29, 0.717) is 12.0 Å². The average molecular weight is 307 g/mol. The number of benzene rings is 2. The van der Waals surface area contributed by atoms with Gasteiger partial charge < -0.3 is 10.8 Å². The minimum Gasteiger partial charge on any atom is -0.481 e. The Morgan fingerprint density at radius 2 is 1.74 bits per heavy atom. The van der Waals surface area contributed by atoms with Crippen molar-refractivity contribution in [3.8, 4) is 0 Å². The molecule has 2 aromatic rings. The number of rotatable bonds is 2. The highest BCUT2D eigenvalue weighted by molar-refractivity contribution is 5.96. The van der Waals surface area contributed by atoms with Gasteiger partial charge in [-0.25, -0.2) is 0 Å². The molecule has 4 heteroatoms. The number of fused-ring (bicyclic) bond motifs is 1. The van der Waals surface area contributed by atoms with E-state index in [1.807, 2.05) is 30.3 Å². The molecule has 116 valence electrons. The third-order valence-corrected chi connectivity index (χ3v) is 5.51. The summed E-state index contributed by atoms with van der Waals surface area (Å²) >= 11 is 0. The van der Waals surface area contributed by atoms with Gasteiger partial charge in [-0.05, 0) is 41.7 Å². The van der Waals surface area contributed by atoms with Gasteiger partial charge in [0.25, 0.3) is 0 Å². The lowest BCUT2D eigenvalue weighted by Crippen LogP contribution is -2.45. The zero-order valence-electron chi connectivity index (χ0n) is 12.7. The summed E-state index contributed by atoms with van der Waals surface area (Å²) < 4.78 is 0. The van der Waals surface area contributed by atoms with Crippen LogP contribution < -0.4 is 5.73 Å². The summed E-state index contributed by atoms with van der Waals surface area (Å²) in [4.78, 5) is 24.0. The molecular formula is C19H17NO3. The summed E-state index contributed by atoms with van der Waals surface area (Å²) in [6.45, 7) is 1.78. The number of carboxylic acids is 1. The van der Waals surface area contributed by atoms with E-state index in [1.54, 1.807) is 13.0 Å². The first-order chi connectivity index (χ1) is 10.9. The Bertz CT molecular complexity index is 857. The van der Waals surface area contributed by atoms with Crippen molar-refractivity contribution in [2.75, 3.05) is 0 Å². The number of primary amides is 1. The van der Waals surface area contributed by atoms with Gasteiger partial charge in [0, 0.05) is 17.4 Å². The van der Waals surface area contributed by atoms with Crippen LogP contribution in [0.2, 0.25) is 0 Å². The van der Waals surface area contributed by atoms with E-state index < -0.39 is 17.3 Å². The Hall–Kier alpha value is -2.62. The van der Waals surface area contributed by atoms with Gasteiger partial charge in [0.15, 0.2) is 0 Å². The molecule has 5 rings (SSSR count). The molecule has 0 saturated carbocycles. The minimum absolute atomic E-state index is 0.00778. The van der Waals surface area contributed by atoms with Gasteiger partial charge >= 0.3 is 5.97 Å². The number of amides is 1. The maximum atomic E-state index is 12.1. The second-order valence-corrected chi connectivity index (χ2v) is 6.71. The van der Waals surface area contributed by atoms with Crippen LogP contribution >= 0.6 is 0 Å². The summed E-state index contributed by atoms with van der Waals surface area (Å²) in [5, 5.41) is 9.88. The van der Waals surface area contributed by atoms with Crippen molar-refractivity contribution >= 4 is 11.9 Å². The van der Waals surface area contributed by atoms with Gasteiger partial charge in [-0.1, -0.05) is 36.4 Å². The highest BCUT2D eigenvalue weighted by Crippen LogP contribution is 2.61. The van der Waals surface area contributed by atoms with Gasteiger partial charge in [0.05, 0.1) is 5.41 Å². The largest absolute Gasteiger partial charge is 0.481 e. The van der Waals surface area contributed by atoms with E-state index in [2.05, 4.69) is 6.07 Å². The molecule has 3 N–H and O–H groups in total. The first-order valence-electron chi connectivity index (χ1n) is 7.70. The Labute approximate surface area is 133 Å². The van der Waals surface area contributed by atoms with E-state index in [9.17, 15) is 14.7 Å². The number of hydrogen-bond donors (Lipinski definition) is 2. The molecule has 0 heterocycles. The summed E-state index contributed by atoms with van der Waals surface area (Å²) in [6.07, 6.45) is 0.541. The fourth-order valence-electron chi connectivity index (χ4n) is 4.47. The van der Waals surface area contributed by atoms with Crippen LogP contribution in [0.25, 0.3) is 0 Å². The van der Waals surface area contributed by atoms with Crippen molar-refractivity contribution in [2.24, 2.45) is 11.1 Å². The number of hydrogen-bond acceptors (Lipinski definition) is 2. The topological polar surface area (TPSA) is 80.4 Å². The fourth-order valence-corrected chi connectivity index (χ4v) is 4.47. The van der Waals surface area contributed by atoms with Gasteiger partial charge in [-0.3, -0.25) is 9.59 Å². The molecule has 3 unspecified atom stereocenters. The highest BCUT2D eigenvalue weighted by atomic mass is 16.4. The molecule has 0 aliphatic heterocycles. The molecule has 3 aliphatic rings. The fraction of sp³-hybridized carbons (Fsp3) is 0.263. The van der Waals surface area contributed by atoms with E-state index in [0.717, 1.165) is 16.7 Å². The molecule has 1 amide bonds. The average Bonchev–Trinajstić information content (AvgIpc) is 2.54. The van der Waals surface area contributed by atoms with Crippen molar-refractivity contribution in [3.05, 3.63) is 70.3 Å². The molecule has 0 fully saturated rings. The van der Waals surface area contributed by atoms with Crippen molar-refractivity contribution in [1.29, 1.82) is 0 Å². The van der Waals surface area contributed by atoms with Crippen LogP contribution in [-0.4, -0.2) is 17.0 Å². The van der Waals surface area contributed by atoms with Gasteiger partial charge in [0.1, 0.15) is 0 Å². The molecule has 2 bridgehead atoms. The van der Waals surface area contributed by atoms with Gasteiger partial charge in [-0.2, -0.15) is 0 Å². The minimum atomic E-state index is -0.933. The second kappa shape index (κ2) is 4.44. The van der Waals surface area contributed by atoms with E-state index >= 15 is 0 Å². The molecule has 3 aliphatic carbocycles. The van der Waals surface area contributed by atoms with E-state index in [-0.39, 0.29) is 11.8 Å². The smallest absolute Gasteiger partial charge is 0.310 e. The van der Waals surface area contributed by atoms with Gasteiger partial charge in [0.2, 0.25) is 5.91 Å². The lowest BCUT2D eigenvalue weighted by atomic mass is 9.52. The van der Waals surface area contributed by atoms with Crippen LogP contribution in [0.5, 0.6) is 0 Å². The molecule has 23 heavy (non-hydrogen) atoms. The van der Waals surface area contributed by atoms with Crippen LogP contribution in [0.15, 0.2) is 42.5 Å². The third kappa shape index (κ3) is 1.66. The summed E-state index contributed by atoms with van der Waals surface area (Å²) in [6, 6.07) is 13.5. The van der Waals surface area contributed by atoms with Crippen LogP contribution in [0.3, 0.4) is 0 Å². The Morgan fingerprint density at radius 3 is 2.39 bits per heavy atom. The Morgan fingerprint density at radius 1 is 1.09 bits per heavy atom. The van der Waals surface area contributed by atoms with Crippen LogP contribution in [-0.2, 0) is 4.79 Å². The SMILES string of the molecule is CC1(C(=O)O)CC2c3ccccc3C1c1c(C(N)=O)cccc12. The van der Waals surface area contributed by atoms with Crippen LogP contribution in [0.4, 0.5) is 0 Å². The molecule has 3 atom stereocenters. The van der Waals surface area contributed by atoms with E-state index in [4.69, 9.17) is 5.73 Å². The van der Waals surface area contributed by atoms with Crippen molar-refractivity contribution < 1.29 is 14.7 Å². The highest BCUT2D eigenvalue weighted by Gasteiger charge is 2.55. The lowest BCUT2D eigenvalue weighted by molar-refractivity contribution is -0.150. The number of carbonyl (C=O) groups excluding carboxylic acids is 1. The molecule has 2 aromatic carbocycles. The number of nitrogens with two attached hydrogens (primary N) is 1. The summed E-state index contributed by atoms with van der Waals surface area (Å²) in [7, 11) is 0. The summed E-state index contributed by atoms with van der Waals surface area (Å²) in [5.74, 6) is -1.68. The maximum Gasteiger partial charge on any atom is 0.310 e. The standard InChI is InChI=1S/C19H17NO3/c1-19(18(22)23)9-14-10-5-2-3-6-12(10)16(19)15-11(14)7-4-8-13(15)17(20)21/h2-8,14,16H,9H2,1H3,(H2,20,21)(H,22,23). The molecule has 0 radical (unpaired) electrons.